The fraction of sp³-hybridized carbons (Fsp3) is 0.600. The van der Waals surface area contributed by atoms with Crippen molar-refractivity contribution in [2.75, 3.05) is 90.4 Å². The van der Waals surface area contributed by atoms with Gasteiger partial charge in [-0.05, 0) is 24.1 Å². The summed E-state index contributed by atoms with van der Waals surface area (Å²) >= 11 is 0. The quantitative estimate of drug-likeness (QED) is 0.197. The van der Waals surface area contributed by atoms with Gasteiger partial charge in [-0.2, -0.15) is 4.98 Å². The Hall–Kier alpha value is -2.96. The van der Waals surface area contributed by atoms with Crippen LogP contribution in [0.1, 0.15) is 37.3 Å². The number of rotatable bonds is 18. The van der Waals surface area contributed by atoms with Gasteiger partial charge in [0.25, 0.3) is 0 Å². The molecule has 0 bridgehead atoms. The molecule has 1 aliphatic rings. The minimum Gasteiger partial charge on any atom is -0.496 e. The molecule has 0 amide bonds. The number of ether oxygens (including phenoxy) is 3. The number of aromatic nitrogens is 3. The first-order valence-corrected chi connectivity index (χ1v) is 14.9. The van der Waals surface area contributed by atoms with E-state index in [2.05, 4.69) is 54.8 Å². The minimum absolute atomic E-state index is 0.286. The molecule has 0 aliphatic carbocycles. The molecule has 0 spiro atoms. The number of nitrogen functional groups attached to an aromatic ring is 1. The van der Waals surface area contributed by atoms with Gasteiger partial charge in [0.1, 0.15) is 11.3 Å². The lowest BCUT2D eigenvalue weighted by Gasteiger charge is -2.34. The Morgan fingerprint density at radius 3 is 2.46 bits per heavy atom. The van der Waals surface area contributed by atoms with E-state index in [1.165, 1.54) is 18.4 Å². The number of piperazine rings is 1. The maximum absolute atomic E-state index is 6.00. The topological polar surface area (TPSA) is 129 Å². The van der Waals surface area contributed by atoms with Crippen molar-refractivity contribution in [3.63, 3.8) is 0 Å². The SMILES string of the molecule is CCCCCNc1nc(N)nc2ccn(Cc3ccc(CN4CCN(CCOCCOCCN)CC4)cc3OC)c12. The monoisotopic (exact) mass is 568 g/mol. The molecule has 0 unspecified atom stereocenters. The summed E-state index contributed by atoms with van der Waals surface area (Å²) in [5.74, 6) is 1.96. The molecule has 3 aromatic rings. The summed E-state index contributed by atoms with van der Waals surface area (Å²) in [5.41, 5.74) is 15.6. The summed E-state index contributed by atoms with van der Waals surface area (Å²) in [6.07, 6.45) is 5.49. The summed E-state index contributed by atoms with van der Waals surface area (Å²) < 4.78 is 19.1. The number of fused-ring (bicyclic) bond motifs is 1. The molecule has 0 radical (unpaired) electrons. The molecule has 2 aromatic heterocycles. The van der Waals surface area contributed by atoms with Crippen LogP contribution in [0.2, 0.25) is 0 Å². The molecule has 0 atom stereocenters. The van der Waals surface area contributed by atoms with Crippen LogP contribution in [0.15, 0.2) is 30.5 Å². The lowest BCUT2D eigenvalue weighted by Crippen LogP contribution is -2.46. The number of methoxy groups -OCH3 is 1. The third kappa shape index (κ3) is 9.27. The standard InChI is InChI=1S/C30H48N8O3/c1-3-4-5-10-33-29-28-26(34-30(32)35-29)8-11-38(28)23-25-7-6-24(21-27(25)39-2)22-37-14-12-36(13-15-37)16-18-41-20-19-40-17-9-31/h6-8,11,21H,3-5,9-10,12-20,22-23,31H2,1-2H3,(H3,32,33,34,35). The van der Waals surface area contributed by atoms with Crippen molar-refractivity contribution in [2.24, 2.45) is 5.73 Å². The van der Waals surface area contributed by atoms with E-state index in [1.807, 2.05) is 12.3 Å². The maximum atomic E-state index is 6.00. The third-order valence-corrected chi connectivity index (χ3v) is 7.45. The largest absolute Gasteiger partial charge is 0.496 e. The van der Waals surface area contributed by atoms with Crippen LogP contribution < -0.4 is 21.5 Å². The number of unbranched alkanes of at least 4 members (excludes halogenated alkanes) is 2. The van der Waals surface area contributed by atoms with E-state index >= 15 is 0 Å². The van der Waals surface area contributed by atoms with Gasteiger partial charge in [0.05, 0.1) is 45.6 Å². The number of hydrogen-bond acceptors (Lipinski definition) is 10. The predicted molar refractivity (Wildman–Crippen MR) is 164 cm³/mol. The first kappa shape index (κ1) is 31.0. The number of nitrogens with two attached hydrogens (primary N) is 2. The molecular weight excluding hydrogens is 520 g/mol. The van der Waals surface area contributed by atoms with Crippen molar-refractivity contribution in [2.45, 2.75) is 39.3 Å². The number of anilines is 2. The molecule has 1 saturated heterocycles. The van der Waals surface area contributed by atoms with E-state index in [0.29, 0.717) is 32.9 Å². The van der Waals surface area contributed by atoms with E-state index in [0.717, 1.165) is 87.0 Å². The molecular formula is C30H48N8O3. The molecule has 3 heterocycles. The van der Waals surface area contributed by atoms with Gasteiger partial charge in [0, 0.05) is 64.1 Å². The van der Waals surface area contributed by atoms with Gasteiger partial charge in [-0.15, -0.1) is 0 Å². The Kier molecular flexibility index (Phi) is 12.5. The Labute approximate surface area is 244 Å². The molecule has 226 valence electrons. The van der Waals surface area contributed by atoms with Gasteiger partial charge in [-0.25, -0.2) is 4.98 Å². The summed E-state index contributed by atoms with van der Waals surface area (Å²) in [7, 11) is 1.74. The second kappa shape index (κ2) is 16.5. The van der Waals surface area contributed by atoms with Crippen LogP contribution in [0, 0.1) is 0 Å². The van der Waals surface area contributed by atoms with Crippen LogP contribution in [-0.2, 0) is 22.6 Å². The van der Waals surface area contributed by atoms with Crippen LogP contribution in [0.25, 0.3) is 11.0 Å². The van der Waals surface area contributed by atoms with Crippen molar-refractivity contribution < 1.29 is 14.2 Å². The molecule has 1 aromatic carbocycles. The third-order valence-electron chi connectivity index (χ3n) is 7.45. The fourth-order valence-corrected chi connectivity index (χ4v) is 5.19. The summed E-state index contributed by atoms with van der Waals surface area (Å²) in [6.45, 7) is 12.9. The smallest absolute Gasteiger partial charge is 0.222 e. The van der Waals surface area contributed by atoms with Crippen molar-refractivity contribution in [3.8, 4) is 5.75 Å². The average molecular weight is 569 g/mol. The van der Waals surface area contributed by atoms with Gasteiger partial charge >= 0.3 is 0 Å². The summed E-state index contributed by atoms with van der Waals surface area (Å²) in [4.78, 5) is 13.9. The lowest BCUT2D eigenvalue weighted by molar-refractivity contribution is 0.0332. The number of benzene rings is 1. The fourth-order valence-electron chi connectivity index (χ4n) is 5.19. The number of hydrogen-bond donors (Lipinski definition) is 3. The van der Waals surface area contributed by atoms with Gasteiger partial charge in [-0.3, -0.25) is 9.80 Å². The summed E-state index contributed by atoms with van der Waals surface area (Å²) in [6, 6.07) is 8.56. The van der Waals surface area contributed by atoms with Crippen molar-refractivity contribution in [1.29, 1.82) is 0 Å². The number of nitrogens with zero attached hydrogens (tertiary/aromatic N) is 5. The molecule has 11 heteroatoms. The van der Waals surface area contributed by atoms with Crippen LogP contribution in [0.4, 0.5) is 11.8 Å². The van der Waals surface area contributed by atoms with E-state index in [-0.39, 0.29) is 5.95 Å². The Morgan fingerprint density at radius 2 is 1.71 bits per heavy atom. The Morgan fingerprint density at radius 1 is 0.927 bits per heavy atom. The van der Waals surface area contributed by atoms with Crippen molar-refractivity contribution in [1.82, 2.24) is 24.3 Å². The zero-order valence-corrected chi connectivity index (χ0v) is 24.8. The molecule has 1 fully saturated rings. The van der Waals surface area contributed by atoms with Gasteiger partial charge in [-0.1, -0.05) is 31.9 Å². The summed E-state index contributed by atoms with van der Waals surface area (Å²) in [5, 5.41) is 3.48. The van der Waals surface area contributed by atoms with E-state index < -0.39 is 0 Å². The zero-order chi connectivity index (χ0) is 28.9. The van der Waals surface area contributed by atoms with Crippen LogP contribution in [0.3, 0.4) is 0 Å². The second-order valence-corrected chi connectivity index (χ2v) is 10.5. The molecule has 4 rings (SSSR count). The highest BCUT2D eigenvalue weighted by Gasteiger charge is 2.18. The highest BCUT2D eigenvalue weighted by molar-refractivity contribution is 5.87. The Bertz CT molecular complexity index is 1200. The molecule has 1 aliphatic heterocycles. The normalized spacial score (nSPS) is 14.6. The second-order valence-electron chi connectivity index (χ2n) is 10.5. The first-order chi connectivity index (χ1) is 20.1. The van der Waals surface area contributed by atoms with Gasteiger partial charge in [0.2, 0.25) is 5.95 Å². The molecule has 0 saturated carbocycles. The van der Waals surface area contributed by atoms with Crippen LogP contribution in [-0.4, -0.2) is 104 Å². The number of nitrogens with one attached hydrogen (secondary N) is 1. The van der Waals surface area contributed by atoms with E-state index in [9.17, 15) is 0 Å². The van der Waals surface area contributed by atoms with E-state index in [4.69, 9.17) is 25.7 Å². The first-order valence-electron chi connectivity index (χ1n) is 14.9. The average Bonchev–Trinajstić information content (AvgIpc) is 3.38. The van der Waals surface area contributed by atoms with Crippen molar-refractivity contribution in [3.05, 3.63) is 41.6 Å². The van der Waals surface area contributed by atoms with Gasteiger partial charge in [0.15, 0.2) is 5.82 Å². The van der Waals surface area contributed by atoms with Crippen LogP contribution in [0.5, 0.6) is 5.75 Å². The molecule has 41 heavy (non-hydrogen) atoms. The molecule has 11 nitrogen and oxygen atoms in total. The predicted octanol–water partition coefficient (Wildman–Crippen LogP) is 2.78. The highest BCUT2D eigenvalue weighted by Crippen LogP contribution is 2.27. The minimum atomic E-state index is 0.286. The van der Waals surface area contributed by atoms with Crippen molar-refractivity contribution >= 4 is 22.8 Å². The lowest BCUT2D eigenvalue weighted by atomic mass is 10.1. The van der Waals surface area contributed by atoms with E-state index in [1.54, 1.807) is 7.11 Å². The zero-order valence-electron chi connectivity index (χ0n) is 24.8. The maximum Gasteiger partial charge on any atom is 0.222 e. The Balaban J connectivity index is 1.31. The highest BCUT2D eigenvalue weighted by atomic mass is 16.5. The van der Waals surface area contributed by atoms with Gasteiger partial charge < -0.3 is 35.6 Å². The van der Waals surface area contributed by atoms with Crippen LogP contribution >= 0.6 is 0 Å². The molecule has 5 N–H and O–H groups in total.